The van der Waals surface area contributed by atoms with Crippen molar-refractivity contribution in [3.8, 4) is 22.5 Å². The number of carbonyl (C=O) groups excluding carboxylic acids is 3. The molecule has 280 valence electrons. The minimum atomic E-state index is -0.631. The highest BCUT2D eigenvalue weighted by atomic mass is 16.5. The van der Waals surface area contributed by atoms with Crippen molar-refractivity contribution < 1.29 is 28.3 Å². The predicted molar refractivity (Wildman–Crippen MR) is 211 cm³/mol. The van der Waals surface area contributed by atoms with Crippen LogP contribution >= 0.6 is 0 Å². The molecule has 1 aliphatic heterocycles. The number of unbranched alkanes of at least 4 members (excludes halogenated alkanes) is 7. The van der Waals surface area contributed by atoms with Crippen LogP contribution in [0.4, 0.5) is 5.69 Å². The molecule has 0 radical (unpaired) electrons. The second kappa shape index (κ2) is 20.5. The lowest BCUT2D eigenvalue weighted by Crippen LogP contribution is -2.29. The lowest BCUT2D eigenvalue weighted by atomic mass is 9.90. The largest absolute Gasteiger partial charge is 0.465 e. The summed E-state index contributed by atoms with van der Waals surface area (Å²) in [4.78, 5) is 39.7. The molecule has 0 spiro atoms. The second-order valence-electron chi connectivity index (χ2n) is 13.4. The number of ether oxygens (including phenoxy) is 2. The van der Waals surface area contributed by atoms with Gasteiger partial charge in [0.05, 0.1) is 24.8 Å². The number of nitrogens with zero attached hydrogens (tertiary/aromatic N) is 2. The molecule has 0 saturated heterocycles. The minimum Gasteiger partial charge on any atom is -0.465 e. The summed E-state index contributed by atoms with van der Waals surface area (Å²) < 4.78 is 19.9. The van der Waals surface area contributed by atoms with Crippen LogP contribution in [0.2, 0.25) is 0 Å². The van der Waals surface area contributed by atoms with Gasteiger partial charge in [-0.15, -0.1) is 0 Å². The molecule has 1 atom stereocenters. The lowest BCUT2D eigenvalue weighted by molar-refractivity contribution is -0.151. The van der Waals surface area contributed by atoms with Crippen LogP contribution in [0.3, 0.4) is 0 Å². The van der Waals surface area contributed by atoms with Gasteiger partial charge in [0.1, 0.15) is 36.1 Å². The van der Waals surface area contributed by atoms with E-state index in [4.69, 9.17) is 13.9 Å². The van der Waals surface area contributed by atoms with Gasteiger partial charge in [0.2, 0.25) is 5.36 Å². The first-order chi connectivity index (χ1) is 25.3. The summed E-state index contributed by atoms with van der Waals surface area (Å²) >= 11 is 0. The Labute approximate surface area is 310 Å². The third-order valence-corrected chi connectivity index (χ3v) is 10.0. The number of Topliss-reactive ketones (excluding diaryl/α,β-unsaturated/α-hetero) is 1. The van der Waals surface area contributed by atoms with Crippen molar-refractivity contribution in [2.45, 2.75) is 99.3 Å². The number of esters is 2. The van der Waals surface area contributed by atoms with E-state index in [0.29, 0.717) is 25.2 Å². The smallest absolute Gasteiger partial charge is 0.338 e. The molecular formula is C44H59N2O6+. The highest BCUT2D eigenvalue weighted by molar-refractivity contribution is 6.08. The summed E-state index contributed by atoms with van der Waals surface area (Å²) in [5.74, 6) is -0.679. The summed E-state index contributed by atoms with van der Waals surface area (Å²) in [5, 5.41) is 2.06. The van der Waals surface area contributed by atoms with Crippen molar-refractivity contribution in [1.29, 1.82) is 0 Å². The van der Waals surface area contributed by atoms with Crippen LogP contribution in [-0.2, 0) is 19.1 Å². The fourth-order valence-corrected chi connectivity index (χ4v) is 7.09. The number of benzene rings is 3. The number of rotatable bonds is 21. The Hall–Kier alpha value is -4.46. The zero-order valence-electron chi connectivity index (χ0n) is 32.3. The van der Waals surface area contributed by atoms with Crippen LogP contribution in [0, 0.1) is 5.92 Å². The van der Waals surface area contributed by atoms with Crippen LogP contribution in [-0.4, -0.2) is 57.1 Å². The Kier molecular flexibility index (Phi) is 15.9. The van der Waals surface area contributed by atoms with E-state index in [0.717, 1.165) is 122 Å². The van der Waals surface area contributed by atoms with E-state index in [1.54, 1.807) is 6.92 Å². The number of anilines is 1. The molecule has 52 heavy (non-hydrogen) atoms. The molecule has 2 aromatic carbocycles. The molecule has 0 aromatic heterocycles. The fraction of sp³-hybridized carbons (Fsp3) is 0.500. The topological polar surface area (TPSA) is 89.1 Å². The van der Waals surface area contributed by atoms with Crippen LogP contribution in [0.5, 0.6) is 0 Å². The van der Waals surface area contributed by atoms with Crippen molar-refractivity contribution in [3.63, 3.8) is 0 Å². The first-order valence-corrected chi connectivity index (χ1v) is 19.5. The van der Waals surface area contributed by atoms with Crippen LogP contribution < -0.4 is 14.8 Å². The molecule has 8 nitrogen and oxygen atoms in total. The Morgan fingerprint density at radius 2 is 1.42 bits per heavy atom. The van der Waals surface area contributed by atoms with Gasteiger partial charge in [0, 0.05) is 47.4 Å². The van der Waals surface area contributed by atoms with E-state index < -0.39 is 11.9 Å². The van der Waals surface area contributed by atoms with E-state index in [1.807, 2.05) is 24.3 Å². The quantitative estimate of drug-likeness (QED) is 0.0280. The van der Waals surface area contributed by atoms with Crippen molar-refractivity contribution in [2.75, 3.05) is 44.3 Å². The normalized spacial score (nSPS) is 11.8. The summed E-state index contributed by atoms with van der Waals surface area (Å²) in [6, 6.07) is 20.5. The van der Waals surface area contributed by atoms with Crippen LogP contribution in [0.15, 0.2) is 65.1 Å². The molecular weight excluding hydrogens is 652 g/mol. The van der Waals surface area contributed by atoms with Crippen molar-refractivity contribution in [2.24, 2.45) is 5.92 Å². The molecule has 0 bridgehead atoms. The van der Waals surface area contributed by atoms with E-state index in [1.165, 1.54) is 6.92 Å². The molecule has 2 aliphatic rings. The lowest BCUT2D eigenvalue weighted by Gasteiger charge is -2.22. The standard InChI is InChI=1S/C44H59N2O6/c1-7-45(8-2)33-25-27-38-40(30-33)52-41-31-34(46(9-3)10-4)26-28-39(41)42(38)36-23-19-20-24-37(36)44(49)51-29-21-17-15-13-12-14-16-18-22-35(32(6)47)43(48)50-11-5/h19-20,23-28,30-31,35H,7-18,21-22,29H2,1-6H3/q+1. The first-order valence-electron chi connectivity index (χ1n) is 19.5. The monoisotopic (exact) mass is 711 g/mol. The zero-order chi connectivity index (χ0) is 37.5. The third-order valence-electron chi connectivity index (χ3n) is 10.0. The predicted octanol–water partition coefficient (Wildman–Crippen LogP) is 9.30. The molecule has 0 amide bonds. The highest BCUT2D eigenvalue weighted by Crippen LogP contribution is 2.42. The zero-order valence-corrected chi connectivity index (χ0v) is 32.3. The van der Waals surface area contributed by atoms with E-state index in [9.17, 15) is 14.4 Å². The molecule has 1 unspecified atom stereocenters. The molecule has 1 aliphatic carbocycles. The SMILES string of the molecule is CCOC(=O)C(CCCCCCCCCCOC(=O)c1ccccc1-c1c2ccc(=[N+](CC)CC)cc-2oc2cc(N(CC)CC)ccc12)C(C)=O. The van der Waals surface area contributed by atoms with Gasteiger partial charge in [0.15, 0.2) is 0 Å². The van der Waals surface area contributed by atoms with E-state index >= 15 is 0 Å². The third kappa shape index (κ3) is 10.3. The maximum atomic E-state index is 13.6. The highest BCUT2D eigenvalue weighted by Gasteiger charge is 2.25. The minimum absolute atomic E-state index is 0.116. The number of fused-ring (bicyclic) bond motifs is 2. The van der Waals surface area contributed by atoms with Gasteiger partial charge < -0.3 is 18.8 Å². The number of hydrogen-bond acceptors (Lipinski definition) is 7. The molecule has 8 heteroatoms. The Morgan fingerprint density at radius 3 is 2.08 bits per heavy atom. The Morgan fingerprint density at radius 1 is 0.750 bits per heavy atom. The van der Waals surface area contributed by atoms with E-state index in [-0.39, 0.29) is 11.8 Å². The van der Waals surface area contributed by atoms with Gasteiger partial charge in [-0.3, -0.25) is 9.59 Å². The second-order valence-corrected chi connectivity index (χ2v) is 13.4. The number of hydrogen-bond donors (Lipinski definition) is 0. The number of carbonyl (C=O) groups is 3. The van der Waals surface area contributed by atoms with Crippen molar-refractivity contribution >= 4 is 34.4 Å². The first kappa shape index (κ1) is 40.3. The summed E-state index contributed by atoms with van der Waals surface area (Å²) in [5.41, 5.74) is 5.19. The maximum Gasteiger partial charge on any atom is 0.338 e. The molecule has 4 rings (SSSR count). The van der Waals surface area contributed by atoms with E-state index in [2.05, 4.69) is 73.6 Å². The maximum absolute atomic E-state index is 13.6. The van der Waals surface area contributed by atoms with Gasteiger partial charge in [-0.25, -0.2) is 9.37 Å². The summed E-state index contributed by atoms with van der Waals surface area (Å²) in [7, 11) is 0. The Bertz CT molecular complexity index is 1820. The average molecular weight is 712 g/mol. The van der Waals surface area contributed by atoms with Gasteiger partial charge in [0.25, 0.3) is 0 Å². The van der Waals surface area contributed by atoms with Crippen molar-refractivity contribution in [1.82, 2.24) is 4.58 Å². The average Bonchev–Trinajstić information content (AvgIpc) is 3.15. The van der Waals surface area contributed by atoms with Crippen LogP contribution in [0.25, 0.3) is 33.4 Å². The van der Waals surface area contributed by atoms with Gasteiger partial charge in [-0.2, -0.15) is 0 Å². The van der Waals surface area contributed by atoms with Gasteiger partial charge in [-0.05, 0) is 84.2 Å². The molecule has 0 fully saturated rings. The number of ketones is 1. The van der Waals surface area contributed by atoms with Crippen LogP contribution in [0.1, 0.15) is 110 Å². The molecule has 0 saturated carbocycles. The Balaban J connectivity index is 1.42. The fourth-order valence-electron chi connectivity index (χ4n) is 7.09. The molecule has 2 aromatic rings. The summed E-state index contributed by atoms with van der Waals surface area (Å²) in [6.07, 6.45) is 8.56. The summed E-state index contributed by atoms with van der Waals surface area (Å²) in [6.45, 7) is 16.1. The van der Waals surface area contributed by atoms with Gasteiger partial charge in [-0.1, -0.05) is 63.1 Å². The molecule has 1 heterocycles. The molecule has 0 N–H and O–H groups in total. The van der Waals surface area contributed by atoms with Gasteiger partial charge >= 0.3 is 11.9 Å². The van der Waals surface area contributed by atoms with Crippen molar-refractivity contribution in [3.05, 3.63) is 71.6 Å².